The van der Waals surface area contributed by atoms with Crippen LogP contribution in [0.3, 0.4) is 0 Å². The molecule has 1 unspecified atom stereocenters. The molecule has 1 amide bonds. The summed E-state index contributed by atoms with van der Waals surface area (Å²) >= 11 is 5.98. The van der Waals surface area contributed by atoms with Crippen LogP contribution in [0.15, 0.2) is 42.5 Å². The monoisotopic (exact) mass is 408 g/mol. The first-order valence-electron chi connectivity index (χ1n) is 8.54. The number of sulfonamides is 1. The number of aromatic hydroxyl groups is 1. The molecule has 1 atom stereocenters. The number of para-hydroxylation sites is 1. The molecule has 0 spiro atoms. The van der Waals surface area contributed by atoms with Crippen molar-refractivity contribution in [2.75, 3.05) is 28.6 Å². The number of phenolic OH excluding ortho intramolecular Hbond substituents is 1. The second-order valence-electron chi connectivity index (χ2n) is 6.70. The van der Waals surface area contributed by atoms with E-state index < -0.39 is 15.9 Å². The number of phenols is 1. The van der Waals surface area contributed by atoms with E-state index in [2.05, 4.69) is 0 Å². The van der Waals surface area contributed by atoms with Gasteiger partial charge in [0, 0.05) is 11.6 Å². The third-order valence-electron chi connectivity index (χ3n) is 4.71. The molecule has 0 saturated heterocycles. The molecule has 0 radical (unpaired) electrons. The number of hydrogen-bond donors (Lipinski definition) is 1. The van der Waals surface area contributed by atoms with Gasteiger partial charge in [-0.05, 0) is 42.2 Å². The highest BCUT2D eigenvalue weighted by Crippen LogP contribution is 2.41. The van der Waals surface area contributed by atoms with Gasteiger partial charge in [0.05, 0.1) is 17.6 Å². The topological polar surface area (TPSA) is 77.9 Å². The van der Waals surface area contributed by atoms with Crippen molar-refractivity contribution >= 4 is 38.9 Å². The van der Waals surface area contributed by atoms with E-state index in [-0.39, 0.29) is 18.2 Å². The van der Waals surface area contributed by atoms with E-state index in [1.165, 1.54) is 17.0 Å². The predicted octanol–water partition coefficient (Wildman–Crippen LogP) is 3.35. The zero-order chi connectivity index (χ0) is 19.8. The van der Waals surface area contributed by atoms with E-state index >= 15 is 0 Å². The van der Waals surface area contributed by atoms with Gasteiger partial charge in [-0.1, -0.05) is 36.7 Å². The first-order valence-corrected chi connectivity index (χ1v) is 10.8. The molecule has 0 bridgehead atoms. The van der Waals surface area contributed by atoms with E-state index in [4.69, 9.17) is 11.6 Å². The van der Waals surface area contributed by atoms with Gasteiger partial charge in [0.2, 0.25) is 15.9 Å². The van der Waals surface area contributed by atoms with Gasteiger partial charge < -0.3 is 10.0 Å². The lowest BCUT2D eigenvalue weighted by Crippen LogP contribution is -2.45. The minimum absolute atomic E-state index is 0.0149. The maximum atomic E-state index is 13.0. The first kappa shape index (κ1) is 19.5. The summed E-state index contributed by atoms with van der Waals surface area (Å²) in [5.74, 6) is -0.189. The molecule has 2 aromatic rings. The van der Waals surface area contributed by atoms with Gasteiger partial charge in [0.1, 0.15) is 12.3 Å². The van der Waals surface area contributed by atoms with Crippen LogP contribution in [-0.4, -0.2) is 38.8 Å². The van der Waals surface area contributed by atoms with Crippen LogP contribution < -0.4 is 9.21 Å². The van der Waals surface area contributed by atoms with Crippen molar-refractivity contribution in [1.82, 2.24) is 0 Å². The molecule has 2 aromatic carbocycles. The maximum absolute atomic E-state index is 13.0. The van der Waals surface area contributed by atoms with E-state index in [9.17, 15) is 18.3 Å². The lowest BCUT2D eigenvalue weighted by molar-refractivity contribution is -0.117. The van der Waals surface area contributed by atoms with Crippen LogP contribution in [0.25, 0.3) is 0 Å². The molecule has 6 nitrogen and oxygen atoms in total. The van der Waals surface area contributed by atoms with Gasteiger partial charge in [-0.2, -0.15) is 0 Å². The number of anilines is 2. The maximum Gasteiger partial charge on any atom is 0.247 e. The van der Waals surface area contributed by atoms with Crippen molar-refractivity contribution in [3.05, 3.63) is 53.1 Å². The molecule has 1 heterocycles. The summed E-state index contributed by atoms with van der Waals surface area (Å²) in [6.45, 7) is 2.08. The van der Waals surface area contributed by atoms with Crippen molar-refractivity contribution in [1.29, 1.82) is 0 Å². The summed E-state index contributed by atoms with van der Waals surface area (Å²) in [6.07, 6.45) is 1.78. The molecule has 0 saturated carbocycles. The van der Waals surface area contributed by atoms with E-state index in [1.54, 1.807) is 24.3 Å². The van der Waals surface area contributed by atoms with Crippen molar-refractivity contribution in [2.45, 2.75) is 19.3 Å². The number of benzene rings is 2. The molecule has 144 valence electrons. The van der Waals surface area contributed by atoms with Crippen molar-refractivity contribution in [3.8, 4) is 5.75 Å². The summed E-state index contributed by atoms with van der Waals surface area (Å²) < 4.78 is 25.6. The molecular formula is C19H21ClN2O4S. The smallest absolute Gasteiger partial charge is 0.247 e. The number of carbonyl (C=O) groups excluding carboxylic acids is 1. The summed E-state index contributed by atoms with van der Waals surface area (Å²) in [5.41, 5.74) is 1.66. The van der Waals surface area contributed by atoms with Gasteiger partial charge in [-0.15, -0.1) is 0 Å². The van der Waals surface area contributed by atoms with Crippen LogP contribution in [0.2, 0.25) is 5.02 Å². The third kappa shape index (κ3) is 4.04. The molecule has 0 aromatic heterocycles. The van der Waals surface area contributed by atoms with Crippen molar-refractivity contribution in [3.63, 3.8) is 0 Å². The van der Waals surface area contributed by atoms with Gasteiger partial charge in [0.25, 0.3) is 0 Å². The largest absolute Gasteiger partial charge is 0.506 e. The Morgan fingerprint density at radius 3 is 2.67 bits per heavy atom. The van der Waals surface area contributed by atoms with Crippen LogP contribution in [0.1, 0.15) is 24.8 Å². The Morgan fingerprint density at radius 2 is 2.00 bits per heavy atom. The number of rotatable bonds is 4. The van der Waals surface area contributed by atoms with Crippen molar-refractivity contribution < 1.29 is 18.3 Å². The Hall–Kier alpha value is -2.25. The minimum Gasteiger partial charge on any atom is -0.506 e. The lowest BCUT2D eigenvalue weighted by atomic mass is 9.91. The normalized spacial score (nSPS) is 16.7. The summed E-state index contributed by atoms with van der Waals surface area (Å²) in [7, 11) is -3.70. The average molecular weight is 409 g/mol. The second-order valence-corrected chi connectivity index (χ2v) is 9.04. The fraction of sp³-hybridized carbons (Fsp3) is 0.316. The highest BCUT2D eigenvalue weighted by atomic mass is 35.5. The molecule has 1 aliphatic rings. The van der Waals surface area contributed by atoms with Crippen LogP contribution in [0.5, 0.6) is 5.75 Å². The van der Waals surface area contributed by atoms with Crippen molar-refractivity contribution in [2.24, 2.45) is 0 Å². The summed E-state index contributed by atoms with van der Waals surface area (Å²) in [5, 5.41) is 10.7. The van der Waals surface area contributed by atoms with E-state index in [0.29, 0.717) is 22.9 Å². The summed E-state index contributed by atoms with van der Waals surface area (Å²) in [4.78, 5) is 14.5. The standard InChI is InChI=1S/C19H21ClN2O4S/c1-13-9-10-21(19-16(13)7-4-8-17(19)23)18(24)12-22(27(2,25)26)15-6-3-5-14(20)11-15/h3-8,11,13,23H,9-10,12H2,1-2H3. The predicted molar refractivity (Wildman–Crippen MR) is 107 cm³/mol. The number of hydrogen-bond acceptors (Lipinski definition) is 4. The molecule has 0 fully saturated rings. The lowest BCUT2D eigenvalue weighted by Gasteiger charge is -2.34. The number of fused-ring (bicyclic) bond motifs is 1. The summed E-state index contributed by atoms with van der Waals surface area (Å²) in [6, 6.07) is 11.5. The molecule has 1 N–H and O–H groups in total. The van der Waals surface area contributed by atoms with Gasteiger partial charge in [-0.25, -0.2) is 8.42 Å². The highest BCUT2D eigenvalue weighted by Gasteiger charge is 2.31. The average Bonchev–Trinajstić information content (AvgIpc) is 2.59. The van der Waals surface area contributed by atoms with Crippen LogP contribution in [0.4, 0.5) is 11.4 Å². The number of amides is 1. The third-order valence-corrected chi connectivity index (χ3v) is 6.08. The van der Waals surface area contributed by atoms with Crippen LogP contribution in [0, 0.1) is 0 Å². The molecule has 27 heavy (non-hydrogen) atoms. The van der Waals surface area contributed by atoms with Gasteiger partial charge >= 0.3 is 0 Å². The quantitative estimate of drug-likeness (QED) is 0.841. The number of carbonyl (C=O) groups is 1. The number of nitrogens with zero attached hydrogens (tertiary/aromatic N) is 2. The zero-order valence-electron chi connectivity index (χ0n) is 15.1. The van der Waals surface area contributed by atoms with E-state index in [0.717, 1.165) is 22.5 Å². The molecule has 0 aliphatic carbocycles. The Labute approximate surface area is 164 Å². The van der Waals surface area contributed by atoms with Crippen LogP contribution in [-0.2, 0) is 14.8 Å². The van der Waals surface area contributed by atoms with Gasteiger partial charge in [-0.3, -0.25) is 9.10 Å². The Bertz CT molecular complexity index is 977. The molecule has 1 aliphatic heterocycles. The minimum atomic E-state index is -3.70. The Balaban J connectivity index is 1.95. The Kier molecular flexibility index (Phi) is 5.35. The highest BCUT2D eigenvalue weighted by molar-refractivity contribution is 7.92. The fourth-order valence-electron chi connectivity index (χ4n) is 3.32. The number of halogens is 1. The second kappa shape index (κ2) is 7.40. The molecule has 8 heteroatoms. The first-order chi connectivity index (χ1) is 12.7. The van der Waals surface area contributed by atoms with E-state index in [1.807, 2.05) is 13.0 Å². The Morgan fingerprint density at radius 1 is 1.30 bits per heavy atom. The molecule has 3 rings (SSSR count). The zero-order valence-corrected chi connectivity index (χ0v) is 16.7. The SMILES string of the molecule is CC1CCN(C(=O)CN(c2cccc(Cl)c2)S(C)(=O)=O)c2c(O)cccc21. The fourth-order valence-corrected chi connectivity index (χ4v) is 4.35. The van der Waals surface area contributed by atoms with Gasteiger partial charge in [0.15, 0.2) is 0 Å². The molecular weight excluding hydrogens is 388 g/mol. The van der Waals surface area contributed by atoms with Crippen LogP contribution >= 0.6 is 11.6 Å².